The van der Waals surface area contributed by atoms with Gasteiger partial charge in [0.05, 0.1) is 12.7 Å². The van der Waals surface area contributed by atoms with Crippen molar-refractivity contribution < 1.29 is 9.47 Å². The molecule has 0 saturated carbocycles. The standard InChI is InChI=1S/C13H26N2O2/c1-3-14-13(11-4-7-16-8-5-11)12-10-15(2)6-9-17-12/h11-14H,3-10H2,1-2H3. The fraction of sp³-hybridized carbons (Fsp3) is 1.00. The lowest BCUT2D eigenvalue weighted by molar-refractivity contribution is -0.0608. The number of hydrogen-bond donors (Lipinski definition) is 1. The van der Waals surface area contributed by atoms with Crippen molar-refractivity contribution in [1.82, 2.24) is 10.2 Å². The molecule has 0 aromatic carbocycles. The molecule has 4 nitrogen and oxygen atoms in total. The summed E-state index contributed by atoms with van der Waals surface area (Å²) in [5, 5.41) is 3.64. The molecule has 1 N–H and O–H groups in total. The molecule has 2 atom stereocenters. The molecule has 4 heteroatoms. The SMILES string of the molecule is CCNC(C1CCOCC1)C1CN(C)CCO1. The maximum atomic E-state index is 5.97. The van der Waals surface area contributed by atoms with Crippen LogP contribution < -0.4 is 5.32 Å². The maximum Gasteiger partial charge on any atom is 0.0857 e. The molecule has 2 fully saturated rings. The van der Waals surface area contributed by atoms with Gasteiger partial charge in [-0.2, -0.15) is 0 Å². The van der Waals surface area contributed by atoms with Gasteiger partial charge in [0, 0.05) is 32.3 Å². The molecule has 0 aromatic heterocycles. The summed E-state index contributed by atoms with van der Waals surface area (Å²) in [6.45, 7) is 8.00. The minimum absolute atomic E-state index is 0.344. The topological polar surface area (TPSA) is 33.7 Å². The lowest BCUT2D eigenvalue weighted by Gasteiger charge is -2.40. The van der Waals surface area contributed by atoms with Gasteiger partial charge in [-0.25, -0.2) is 0 Å². The van der Waals surface area contributed by atoms with Crippen LogP contribution in [0.25, 0.3) is 0 Å². The Morgan fingerprint density at radius 1 is 1.29 bits per heavy atom. The van der Waals surface area contributed by atoms with Crippen molar-refractivity contribution in [1.29, 1.82) is 0 Å². The summed E-state index contributed by atoms with van der Waals surface area (Å²) in [5.41, 5.74) is 0. The van der Waals surface area contributed by atoms with Gasteiger partial charge in [-0.3, -0.25) is 0 Å². The van der Waals surface area contributed by atoms with Crippen LogP contribution in [0.2, 0.25) is 0 Å². The van der Waals surface area contributed by atoms with E-state index in [4.69, 9.17) is 9.47 Å². The van der Waals surface area contributed by atoms with Gasteiger partial charge >= 0.3 is 0 Å². The van der Waals surface area contributed by atoms with Gasteiger partial charge in [-0.05, 0) is 32.4 Å². The fourth-order valence-corrected chi connectivity index (χ4v) is 2.94. The van der Waals surface area contributed by atoms with Gasteiger partial charge in [0.15, 0.2) is 0 Å². The third-order valence-corrected chi connectivity index (χ3v) is 3.91. The molecule has 0 aliphatic carbocycles. The number of hydrogen-bond acceptors (Lipinski definition) is 4. The molecule has 0 aromatic rings. The van der Waals surface area contributed by atoms with Crippen LogP contribution in [0.3, 0.4) is 0 Å². The van der Waals surface area contributed by atoms with Crippen LogP contribution in [0.5, 0.6) is 0 Å². The van der Waals surface area contributed by atoms with Crippen LogP contribution in [-0.4, -0.2) is 63.5 Å². The minimum atomic E-state index is 0.344. The third kappa shape index (κ3) is 3.65. The highest BCUT2D eigenvalue weighted by molar-refractivity contribution is 4.88. The van der Waals surface area contributed by atoms with E-state index in [0.29, 0.717) is 18.1 Å². The van der Waals surface area contributed by atoms with Gasteiger partial charge < -0.3 is 19.7 Å². The highest BCUT2D eigenvalue weighted by Crippen LogP contribution is 2.23. The van der Waals surface area contributed by atoms with Crippen LogP contribution in [-0.2, 0) is 9.47 Å². The molecule has 100 valence electrons. The summed E-state index contributed by atoms with van der Waals surface area (Å²) in [7, 11) is 2.18. The maximum absolute atomic E-state index is 5.97. The van der Waals surface area contributed by atoms with Gasteiger partial charge in [0.25, 0.3) is 0 Å². The van der Waals surface area contributed by atoms with E-state index in [0.717, 1.165) is 39.5 Å². The zero-order valence-electron chi connectivity index (χ0n) is 11.2. The van der Waals surface area contributed by atoms with E-state index in [1.54, 1.807) is 0 Å². The first-order chi connectivity index (χ1) is 8.31. The smallest absolute Gasteiger partial charge is 0.0857 e. The first-order valence-electron chi connectivity index (χ1n) is 6.92. The summed E-state index contributed by atoms with van der Waals surface area (Å²) in [5.74, 6) is 0.709. The van der Waals surface area contributed by atoms with E-state index < -0.39 is 0 Å². The number of nitrogens with one attached hydrogen (secondary N) is 1. The summed E-state index contributed by atoms with van der Waals surface area (Å²) < 4.78 is 11.4. The molecule has 17 heavy (non-hydrogen) atoms. The van der Waals surface area contributed by atoms with E-state index in [1.165, 1.54) is 12.8 Å². The molecule has 2 heterocycles. The van der Waals surface area contributed by atoms with E-state index >= 15 is 0 Å². The largest absolute Gasteiger partial charge is 0.381 e. The number of morpholine rings is 1. The lowest BCUT2D eigenvalue weighted by Crippen LogP contribution is -2.55. The van der Waals surface area contributed by atoms with Crippen LogP contribution in [0, 0.1) is 5.92 Å². The highest BCUT2D eigenvalue weighted by Gasteiger charge is 2.33. The normalized spacial score (nSPS) is 30.4. The highest BCUT2D eigenvalue weighted by atomic mass is 16.5. The molecule has 2 rings (SSSR count). The second kappa shape index (κ2) is 6.69. The Balaban J connectivity index is 1.94. The number of likely N-dealkylation sites (N-methyl/N-ethyl adjacent to an activating group) is 2. The van der Waals surface area contributed by atoms with Gasteiger partial charge in [-0.1, -0.05) is 6.92 Å². The molecule has 2 aliphatic heterocycles. The monoisotopic (exact) mass is 242 g/mol. The van der Waals surface area contributed by atoms with Crippen molar-refractivity contribution in [3.05, 3.63) is 0 Å². The second-order valence-corrected chi connectivity index (χ2v) is 5.20. The van der Waals surface area contributed by atoms with Crippen LogP contribution in [0.1, 0.15) is 19.8 Å². The van der Waals surface area contributed by atoms with Gasteiger partial charge in [0.2, 0.25) is 0 Å². The Morgan fingerprint density at radius 3 is 2.71 bits per heavy atom. The van der Waals surface area contributed by atoms with Crippen molar-refractivity contribution in [2.45, 2.75) is 31.9 Å². The average molecular weight is 242 g/mol. The predicted octanol–water partition coefficient (Wildman–Crippen LogP) is 0.722. The minimum Gasteiger partial charge on any atom is -0.381 e. The first kappa shape index (κ1) is 13.3. The van der Waals surface area contributed by atoms with Gasteiger partial charge in [0.1, 0.15) is 0 Å². The van der Waals surface area contributed by atoms with Crippen molar-refractivity contribution in [3.8, 4) is 0 Å². The van der Waals surface area contributed by atoms with E-state index in [1.807, 2.05) is 0 Å². The third-order valence-electron chi connectivity index (χ3n) is 3.91. The van der Waals surface area contributed by atoms with E-state index in [-0.39, 0.29) is 0 Å². The summed E-state index contributed by atoms with van der Waals surface area (Å²) in [4.78, 5) is 2.37. The summed E-state index contributed by atoms with van der Waals surface area (Å²) in [6, 6.07) is 0.492. The second-order valence-electron chi connectivity index (χ2n) is 5.20. The summed E-state index contributed by atoms with van der Waals surface area (Å²) in [6.07, 6.45) is 2.68. The van der Waals surface area contributed by atoms with E-state index in [2.05, 4.69) is 24.2 Å². The number of nitrogens with zero attached hydrogens (tertiary/aromatic N) is 1. The first-order valence-corrected chi connectivity index (χ1v) is 6.92. The molecule has 2 saturated heterocycles. The molecular formula is C13H26N2O2. The Hall–Kier alpha value is -0.160. The van der Waals surface area contributed by atoms with Crippen LogP contribution in [0.15, 0.2) is 0 Å². The zero-order valence-corrected chi connectivity index (χ0v) is 11.2. The Bertz CT molecular complexity index is 219. The molecule has 0 spiro atoms. The summed E-state index contributed by atoms with van der Waals surface area (Å²) >= 11 is 0. The van der Waals surface area contributed by atoms with Crippen LogP contribution in [0.4, 0.5) is 0 Å². The van der Waals surface area contributed by atoms with Crippen molar-refractivity contribution in [2.75, 3.05) is 46.5 Å². The molecular weight excluding hydrogens is 216 g/mol. The van der Waals surface area contributed by atoms with Crippen LogP contribution >= 0.6 is 0 Å². The molecule has 0 bridgehead atoms. The van der Waals surface area contributed by atoms with Crippen molar-refractivity contribution in [3.63, 3.8) is 0 Å². The molecule has 0 amide bonds. The molecule has 2 aliphatic rings. The number of rotatable bonds is 4. The predicted molar refractivity (Wildman–Crippen MR) is 68.2 cm³/mol. The van der Waals surface area contributed by atoms with Gasteiger partial charge in [-0.15, -0.1) is 0 Å². The Kier molecular flexibility index (Phi) is 5.22. The Morgan fingerprint density at radius 2 is 2.06 bits per heavy atom. The molecule has 2 unspecified atom stereocenters. The fourth-order valence-electron chi connectivity index (χ4n) is 2.94. The van der Waals surface area contributed by atoms with Crippen molar-refractivity contribution >= 4 is 0 Å². The quantitative estimate of drug-likeness (QED) is 0.788. The zero-order chi connectivity index (χ0) is 12.1. The van der Waals surface area contributed by atoms with E-state index in [9.17, 15) is 0 Å². The molecule has 0 radical (unpaired) electrons. The average Bonchev–Trinajstić information content (AvgIpc) is 2.37. The van der Waals surface area contributed by atoms with Crippen molar-refractivity contribution in [2.24, 2.45) is 5.92 Å². The number of ether oxygens (including phenoxy) is 2. The Labute approximate surface area is 105 Å². The lowest BCUT2D eigenvalue weighted by atomic mass is 9.87.